The zero-order valence-corrected chi connectivity index (χ0v) is 12.3. The van der Waals surface area contributed by atoms with Gasteiger partial charge in [-0.15, -0.1) is 0 Å². The van der Waals surface area contributed by atoms with Crippen LogP contribution in [0.2, 0.25) is 0 Å². The van der Waals surface area contributed by atoms with Crippen molar-refractivity contribution in [3.63, 3.8) is 0 Å². The van der Waals surface area contributed by atoms with Crippen molar-refractivity contribution >= 4 is 36.4 Å². The molecule has 0 atom stereocenters. The summed E-state index contributed by atoms with van der Waals surface area (Å²) in [5.74, 6) is 0.512. The number of nitro benzene ring substituents is 1. The number of hydrogen-bond acceptors (Lipinski definition) is 7. The average Bonchev–Trinajstić information content (AvgIpc) is 2.96. The number of carbonyl (C=O) groups is 1. The SMILES string of the molecule is CC.O=Cc1cn[nH]c1Nc1ccc(OS)cc1[N+](=O)[O-]. The minimum Gasteiger partial charge on any atom is -0.429 e. The molecule has 0 amide bonds. The van der Waals surface area contributed by atoms with E-state index in [1.165, 1.54) is 24.4 Å². The van der Waals surface area contributed by atoms with Crippen LogP contribution in [0.4, 0.5) is 17.2 Å². The molecule has 0 unspecified atom stereocenters. The lowest BCUT2D eigenvalue weighted by Gasteiger charge is -2.06. The molecule has 0 aliphatic carbocycles. The zero-order valence-electron chi connectivity index (χ0n) is 11.4. The molecule has 0 bridgehead atoms. The monoisotopic (exact) mass is 310 g/mol. The largest absolute Gasteiger partial charge is 0.429 e. The Balaban J connectivity index is 0.00000106. The fraction of sp³-hybridized carbons (Fsp3) is 0.167. The van der Waals surface area contributed by atoms with Crippen LogP contribution >= 0.6 is 12.9 Å². The van der Waals surface area contributed by atoms with E-state index in [1.54, 1.807) is 0 Å². The van der Waals surface area contributed by atoms with Crippen molar-refractivity contribution in [1.29, 1.82) is 0 Å². The van der Waals surface area contributed by atoms with Crippen LogP contribution in [0.5, 0.6) is 5.75 Å². The van der Waals surface area contributed by atoms with Gasteiger partial charge in [0.05, 0.1) is 22.7 Å². The van der Waals surface area contributed by atoms with Crippen molar-refractivity contribution in [1.82, 2.24) is 10.2 Å². The fourth-order valence-corrected chi connectivity index (χ4v) is 1.56. The Morgan fingerprint density at radius 2 is 2.19 bits per heavy atom. The third-order valence-corrected chi connectivity index (χ3v) is 2.54. The van der Waals surface area contributed by atoms with Gasteiger partial charge in [-0.2, -0.15) is 5.10 Å². The summed E-state index contributed by atoms with van der Waals surface area (Å²) in [6.07, 6.45) is 1.90. The van der Waals surface area contributed by atoms with E-state index in [4.69, 9.17) is 0 Å². The maximum Gasteiger partial charge on any atom is 0.296 e. The first-order chi connectivity index (χ1) is 10.2. The lowest BCUT2D eigenvalue weighted by atomic mass is 10.2. The molecule has 8 nitrogen and oxygen atoms in total. The van der Waals surface area contributed by atoms with Gasteiger partial charge in [-0.1, -0.05) is 13.8 Å². The van der Waals surface area contributed by atoms with Crippen molar-refractivity contribution in [3.05, 3.63) is 40.1 Å². The molecule has 2 rings (SSSR count). The molecule has 0 saturated heterocycles. The van der Waals surface area contributed by atoms with Gasteiger partial charge in [-0.3, -0.25) is 20.0 Å². The fourth-order valence-electron chi connectivity index (χ4n) is 1.44. The van der Waals surface area contributed by atoms with Crippen molar-refractivity contribution in [2.75, 3.05) is 5.32 Å². The number of anilines is 2. The van der Waals surface area contributed by atoms with Gasteiger partial charge < -0.3 is 9.50 Å². The van der Waals surface area contributed by atoms with Crippen LogP contribution in [0.15, 0.2) is 24.4 Å². The number of nitro groups is 1. The van der Waals surface area contributed by atoms with Crippen LogP contribution in [-0.2, 0) is 0 Å². The van der Waals surface area contributed by atoms with Gasteiger partial charge in [0.15, 0.2) is 6.29 Å². The van der Waals surface area contributed by atoms with Crippen LogP contribution in [0.25, 0.3) is 0 Å². The Morgan fingerprint density at radius 1 is 1.48 bits per heavy atom. The van der Waals surface area contributed by atoms with Gasteiger partial charge >= 0.3 is 0 Å². The minimum atomic E-state index is -0.574. The number of thiol groups is 1. The van der Waals surface area contributed by atoms with E-state index >= 15 is 0 Å². The molecule has 0 aliphatic heterocycles. The second-order valence-electron chi connectivity index (χ2n) is 3.47. The van der Waals surface area contributed by atoms with Gasteiger partial charge in [0.1, 0.15) is 17.3 Å². The smallest absolute Gasteiger partial charge is 0.296 e. The van der Waals surface area contributed by atoms with E-state index in [1.807, 2.05) is 13.8 Å². The normalized spacial score (nSPS) is 9.29. The predicted molar refractivity (Wildman–Crippen MR) is 81.3 cm³/mol. The Morgan fingerprint density at radius 3 is 2.76 bits per heavy atom. The van der Waals surface area contributed by atoms with Crippen LogP contribution in [0.1, 0.15) is 24.2 Å². The first-order valence-corrected chi connectivity index (χ1v) is 6.37. The van der Waals surface area contributed by atoms with E-state index in [2.05, 4.69) is 32.6 Å². The lowest BCUT2D eigenvalue weighted by molar-refractivity contribution is -0.384. The molecule has 2 N–H and O–H groups in total. The van der Waals surface area contributed by atoms with Gasteiger partial charge in [-0.05, 0) is 12.1 Å². The summed E-state index contributed by atoms with van der Waals surface area (Å²) in [7, 11) is 0. The van der Waals surface area contributed by atoms with Crippen molar-refractivity contribution < 1.29 is 13.9 Å². The summed E-state index contributed by atoms with van der Waals surface area (Å²) in [4.78, 5) is 21.1. The number of benzene rings is 1. The maximum absolute atomic E-state index is 11.0. The first-order valence-electron chi connectivity index (χ1n) is 6.01. The maximum atomic E-state index is 11.0. The summed E-state index contributed by atoms with van der Waals surface area (Å²) < 4.78 is 4.63. The average molecular weight is 310 g/mol. The van der Waals surface area contributed by atoms with Crippen LogP contribution in [-0.4, -0.2) is 21.4 Å². The summed E-state index contributed by atoms with van der Waals surface area (Å²) in [6.45, 7) is 4.00. The van der Waals surface area contributed by atoms with Crippen LogP contribution in [0, 0.1) is 10.1 Å². The van der Waals surface area contributed by atoms with Crippen molar-refractivity contribution in [2.45, 2.75) is 13.8 Å². The van der Waals surface area contributed by atoms with E-state index < -0.39 is 4.92 Å². The Bertz CT molecular complexity index is 629. The summed E-state index contributed by atoms with van der Waals surface area (Å²) in [5.41, 5.74) is 0.258. The third kappa shape index (κ3) is 3.96. The molecule has 0 spiro atoms. The molecule has 21 heavy (non-hydrogen) atoms. The lowest BCUT2D eigenvalue weighted by Crippen LogP contribution is -1.99. The highest BCUT2D eigenvalue weighted by Crippen LogP contribution is 2.31. The van der Waals surface area contributed by atoms with E-state index in [0.29, 0.717) is 6.29 Å². The second-order valence-corrected chi connectivity index (χ2v) is 3.65. The molecule has 0 fully saturated rings. The standard InChI is InChI=1S/C10H8N4O4S.C2H6/c15-5-6-4-11-13-10(6)12-8-2-1-7(18-19)3-9(8)14(16)17;1-2/h1-5,19H,(H2,11,12,13);1-2H3. The number of nitrogens with zero attached hydrogens (tertiary/aromatic N) is 2. The second kappa shape index (κ2) is 7.90. The first kappa shape index (κ1) is 16.5. The number of hydrogen-bond donors (Lipinski definition) is 3. The van der Waals surface area contributed by atoms with Crippen molar-refractivity contribution in [3.8, 4) is 5.75 Å². The Labute approximate surface area is 126 Å². The molecular formula is C12H14N4O4S. The molecule has 9 heteroatoms. The molecule has 1 aromatic heterocycles. The highest BCUT2D eigenvalue weighted by atomic mass is 32.1. The van der Waals surface area contributed by atoms with Gasteiger partial charge in [-0.25, -0.2) is 0 Å². The summed E-state index contributed by atoms with van der Waals surface area (Å²) in [6, 6.07) is 4.16. The number of rotatable bonds is 5. The number of H-pyrrole nitrogens is 1. The van der Waals surface area contributed by atoms with E-state index in [0.717, 1.165) is 0 Å². The molecule has 1 heterocycles. The number of carbonyl (C=O) groups excluding carboxylic acids is 1. The summed E-state index contributed by atoms with van der Waals surface area (Å²) >= 11 is 3.58. The number of aldehydes is 1. The topological polar surface area (TPSA) is 110 Å². The molecular weight excluding hydrogens is 296 g/mol. The Kier molecular flexibility index (Phi) is 6.21. The molecule has 1 aromatic carbocycles. The van der Waals surface area contributed by atoms with Crippen LogP contribution < -0.4 is 9.50 Å². The highest BCUT2D eigenvalue weighted by molar-refractivity contribution is 7.75. The molecule has 0 aliphatic rings. The summed E-state index contributed by atoms with van der Waals surface area (Å²) in [5, 5.41) is 19.9. The van der Waals surface area contributed by atoms with Gasteiger partial charge in [0.25, 0.3) is 5.69 Å². The zero-order chi connectivity index (χ0) is 15.8. The Hall–Kier alpha value is -2.55. The van der Waals surface area contributed by atoms with Gasteiger partial charge in [0.2, 0.25) is 0 Å². The minimum absolute atomic E-state index is 0.200. The third-order valence-electron chi connectivity index (χ3n) is 2.33. The molecule has 0 radical (unpaired) electrons. The quantitative estimate of drug-likeness (QED) is 0.257. The predicted octanol–water partition coefficient (Wildman–Crippen LogP) is 3.12. The number of aromatic nitrogens is 2. The van der Waals surface area contributed by atoms with E-state index in [9.17, 15) is 14.9 Å². The number of nitrogens with one attached hydrogen (secondary N) is 2. The van der Waals surface area contributed by atoms with Crippen LogP contribution in [0.3, 0.4) is 0 Å². The van der Waals surface area contributed by atoms with Gasteiger partial charge in [0, 0.05) is 12.9 Å². The molecule has 112 valence electrons. The number of aromatic amines is 1. The highest BCUT2D eigenvalue weighted by Gasteiger charge is 2.17. The molecule has 2 aromatic rings. The van der Waals surface area contributed by atoms with Crippen molar-refractivity contribution in [2.24, 2.45) is 0 Å². The molecule has 0 saturated carbocycles. The van der Waals surface area contributed by atoms with E-state index in [-0.39, 0.29) is 28.5 Å².